The molecule has 3 aliphatic rings. The zero-order valence-corrected chi connectivity index (χ0v) is 18.4. The molecule has 1 atom stereocenters. The summed E-state index contributed by atoms with van der Waals surface area (Å²) in [6.45, 7) is 6.37. The molecule has 162 valence electrons. The van der Waals surface area contributed by atoms with Crippen molar-refractivity contribution in [2.24, 2.45) is 11.1 Å². The Balaban J connectivity index is 1.74. The molecule has 6 nitrogen and oxygen atoms in total. The molecule has 0 aromatic heterocycles. The first kappa shape index (κ1) is 20.2. The van der Waals surface area contributed by atoms with Gasteiger partial charge in [0.2, 0.25) is 6.79 Å². The number of fused-ring (bicyclic) bond motifs is 1. The lowest BCUT2D eigenvalue weighted by molar-refractivity contribution is -0.118. The number of nitrogens with two attached hydrogens (primary N) is 1. The Morgan fingerprint density at radius 3 is 2.53 bits per heavy atom. The van der Waals surface area contributed by atoms with Gasteiger partial charge in [0.25, 0.3) is 0 Å². The van der Waals surface area contributed by atoms with Gasteiger partial charge in [-0.25, -0.2) is 0 Å². The van der Waals surface area contributed by atoms with Crippen LogP contribution in [0.5, 0.6) is 11.5 Å². The van der Waals surface area contributed by atoms with Gasteiger partial charge in [0.15, 0.2) is 17.3 Å². The fraction of sp³-hybridized carbons (Fsp3) is 0.308. The fourth-order valence-electron chi connectivity index (χ4n) is 4.92. The van der Waals surface area contributed by atoms with E-state index >= 15 is 0 Å². The Bertz CT molecular complexity index is 1230. The third kappa shape index (κ3) is 3.13. The molecule has 2 aliphatic heterocycles. The van der Waals surface area contributed by atoms with Crippen molar-refractivity contribution in [2.75, 3.05) is 11.7 Å². The maximum atomic E-state index is 13.5. The number of Topliss-reactive ketones (excluding diaryl/α,β-unsaturated/α-hetero) is 1. The molecule has 0 unspecified atom stereocenters. The number of carbonyl (C=O) groups is 1. The predicted molar refractivity (Wildman–Crippen MR) is 121 cm³/mol. The van der Waals surface area contributed by atoms with Crippen LogP contribution in [0, 0.1) is 23.7 Å². The number of ether oxygens (including phenoxy) is 2. The number of nitrogens with zero attached hydrogens (tertiary/aromatic N) is 2. The second-order valence-electron chi connectivity index (χ2n) is 9.43. The maximum Gasteiger partial charge on any atom is 0.231 e. The van der Waals surface area contributed by atoms with E-state index in [2.05, 4.69) is 19.9 Å². The molecular formula is C26H25N3O3. The lowest BCUT2D eigenvalue weighted by atomic mass is 9.68. The van der Waals surface area contributed by atoms with Crippen LogP contribution < -0.4 is 20.1 Å². The normalized spacial score (nSPS) is 21.5. The van der Waals surface area contributed by atoms with Gasteiger partial charge in [-0.15, -0.1) is 0 Å². The van der Waals surface area contributed by atoms with Crippen LogP contribution in [-0.4, -0.2) is 12.6 Å². The molecular weight excluding hydrogens is 402 g/mol. The van der Waals surface area contributed by atoms with E-state index in [0.29, 0.717) is 41.3 Å². The topological polar surface area (TPSA) is 88.6 Å². The minimum atomic E-state index is -0.533. The highest BCUT2D eigenvalue weighted by molar-refractivity contribution is 6.01. The van der Waals surface area contributed by atoms with E-state index in [0.717, 1.165) is 22.5 Å². The van der Waals surface area contributed by atoms with Crippen molar-refractivity contribution in [3.8, 4) is 17.6 Å². The van der Waals surface area contributed by atoms with Gasteiger partial charge in [0, 0.05) is 23.4 Å². The standard InChI is InChI=1S/C26H25N3O3/c1-15-4-7-17(8-5-15)29-19-11-26(2,3)12-20(30)24(19)23(18(13-27)25(29)28)16-6-9-21-22(10-16)32-14-31-21/h4-10,23H,11-12,14,28H2,1-3H3/t23-/m0/s1. The molecule has 0 amide bonds. The van der Waals surface area contributed by atoms with E-state index < -0.39 is 5.92 Å². The summed E-state index contributed by atoms with van der Waals surface area (Å²) < 4.78 is 11.0. The number of anilines is 1. The summed E-state index contributed by atoms with van der Waals surface area (Å²) in [5.41, 5.74) is 11.1. The van der Waals surface area contributed by atoms with Gasteiger partial charge in [-0.05, 0) is 48.6 Å². The molecule has 0 bridgehead atoms. The van der Waals surface area contributed by atoms with Crippen molar-refractivity contribution < 1.29 is 14.3 Å². The molecule has 2 heterocycles. The zero-order valence-electron chi connectivity index (χ0n) is 18.4. The zero-order chi connectivity index (χ0) is 22.6. The van der Waals surface area contributed by atoms with Gasteiger partial charge in [0.1, 0.15) is 5.82 Å². The molecule has 5 rings (SSSR count). The number of hydrogen-bond donors (Lipinski definition) is 1. The summed E-state index contributed by atoms with van der Waals surface area (Å²) in [5.74, 6) is 1.16. The van der Waals surface area contributed by atoms with Crippen LogP contribution in [0.1, 0.15) is 43.7 Å². The molecule has 1 aliphatic carbocycles. The number of carbonyl (C=O) groups excluding carboxylic acids is 1. The summed E-state index contributed by atoms with van der Waals surface area (Å²) in [4.78, 5) is 15.4. The predicted octanol–water partition coefficient (Wildman–Crippen LogP) is 4.66. The minimum Gasteiger partial charge on any atom is -0.454 e. The van der Waals surface area contributed by atoms with Gasteiger partial charge in [-0.3, -0.25) is 9.69 Å². The average Bonchev–Trinajstić information content (AvgIpc) is 3.21. The SMILES string of the molecule is Cc1ccc(N2C(N)=C(C#N)[C@H](c3ccc4c(c3)OCO4)C3=C2CC(C)(C)CC3=O)cc1. The van der Waals surface area contributed by atoms with Gasteiger partial charge in [0.05, 0.1) is 17.6 Å². The quantitative estimate of drug-likeness (QED) is 0.750. The van der Waals surface area contributed by atoms with Crippen molar-refractivity contribution in [3.05, 3.63) is 76.3 Å². The first-order chi connectivity index (χ1) is 15.3. The van der Waals surface area contributed by atoms with Crippen LogP contribution in [0.25, 0.3) is 0 Å². The van der Waals surface area contributed by atoms with Crippen molar-refractivity contribution >= 4 is 11.5 Å². The Labute approximate surface area is 187 Å². The lowest BCUT2D eigenvalue weighted by Crippen LogP contribution is -2.42. The lowest BCUT2D eigenvalue weighted by Gasteiger charge is -2.43. The van der Waals surface area contributed by atoms with E-state index in [4.69, 9.17) is 15.2 Å². The molecule has 0 radical (unpaired) electrons. The Morgan fingerprint density at radius 2 is 1.81 bits per heavy atom. The second-order valence-corrected chi connectivity index (χ2v) is 9.43. The molecule has 0 fully saturated rings. The van der Waals surface area contributed by atoms with E-state index in [1.807, 2.05) is 54.3 Å². The Hall–Kier alpha value is -3.72. The average molecular weight is 428 g/mol. The molecule has 6 heteroatoms. The maximum absolute atomic E-state index is 13.5. The van der Waals surface area contributed by atoms with Crippen LogP contribution in [-0.2, 0) is 4.79 Å². The van der Waals surface area contributed by atoms with Crippen LogP contribution in [0.4, 0.5) is 5.69 Å². The number of ketones is 1. The van der Waals surface area contributed by atoms with Gasteiger partial charge >= 0.3 is 0 Å². The first-order valence-corrected chi connectivity index (χ1v) is 10.7. The van der Waals surface area contributed by atoms with E-state index in [9.17, 15) is 10.1 Å². The molecule has 32 heavy (non-hydrogen) atoms. The number of rotatable bonds is 2. The minimum absolute atomic E-state index is 0.0521. The summed E-state index contributed by atoms with van der Waals surface area (Å²) in [6.07, 6.45) is 1.11. The molecule has 0 spiro atoms. The molecule has 2 aromatic rings. The summed E-state index contributed by atoms with van der Waals surface area (Å²) in [6, 6.07) is 15.9. The third-order valence-corrected chi connectivity index (χ3v) is 6.40. The van der Waals surface area contributed by atoms with Crippen molar-refractivity contribution in [1.82, 2.24) is 0 Å². The van der Waals surface area contributed by atoms with Crippen molar-refractivity contribution in [3.63, 3.8) is 0 Å². The summed E-state index contributed by atoms with van der Waals surface area (Å²) >= 11 is 0. The van der Waals surface area contributed by atoms with E-state index in [1.54, 1.807) is 0 Å². The monoisotopic (exact) mass is 427 g/mol. The molecule has 2 aromatic carbocycles. The smallest absolute Gasteiger partial charge is 0.231 e. The van der Waals surface area contributed by atoms with Crippen molar-refractivity contribution in [1.29, 1.82) is 5.26 Å². The van der Waals surface area contributed by atoms with Crippen molar-refractivity contribution in [2.45, 2.75) is 39.5 Å². The van der Waals surface area contributed by atoms with E-state index in [-0.39, 0.29) is 18.0 Å². The summed E-state index contributed by atoms with van der Waals surface area (Å²) in [7, 11) is 0. The van der Waals surface area contributed by atoms with Gasteiger partial charge < -0.3 is 15.2 Å². The second kappa shape index (κ2) is 7.16. The summed E-state index contributed by atoms with van der Waals surface area (Å²) in [5, 5.41) is 10.2. The highest BCUT2D eigenvalue weighted by Gasteiger charge is 2.44. The molecule has 2 N–H and O–H groups in total. The van der Waals surface area contributed by atoms with Gasteiger partial charge in [-0.1, -0.05) is 37.6 Å². The number of aryl methyl sites for hydroxylation is 1. The molecule has 0 saturated carbocycles. The number of nitriles is 1. The highest BCUT2D eigenvalue weighted by atomic mass is 16.7. The van der Waals surface area contributed by atoms with Crippen LogP contribution >= 0.6 is 0 Å². The third-order valence-electron chi connectivity index (χ3n) is 6.40. The number of benzene rings is 2. The fourth-order valence-corrected chi connectivity index (χ4v) is 4.92. The van der Waals surface area contributed by atoms with Crippen LogP contribution in [0.2, 0.25) is 0 Å². The number of hydrogen-bond acceptors (Lipinski definition) is 6. The molecule has 0 saturated heterocycles. The Kier molecular flexibility index (Phi) is 4.52. The Morgan fingerprint density at radius 1 is 1.09 bits per heavy atom. The van der Waals surface area contributed by atoms with Gasteiger partial charge in [-0.2, -0.15) is 5.26 Å². The van der Waals surface area contributed by atoms with Crippen LogP contribution in [0.3, 0.4) is 0 Å². The van der Waals surface area contributed by atoms with Crippen LogP contribution in [0.15, 0.2) is 65.1 Å². The largest absolute Gasteiger partial charge is 0.454 e. The number of allylic oxidation sites excluding steroid dienone is 3. The highest BCUT2D eigenvalue weighted by Crippen LogP contribution is 2.51. The van der Waals surface area contributed by atoms with E-state index in [1.165, 1.54) is 0 Å². The first-order valence-electron chi connectivity index (χ1n) is 10.7.